The van der Waals surface area contributed by atoms with Gasteiger partial charge in [-0.15, -0.1) is 0 Å². The van der Waals surface area contributed by atoms with Crippen molar-refractivity contribution in [2.45, 2.75) is 32.2 Å². The number of anilines is 1. The third kappa shape index (κ3) is 5.77. The molecular formula is C21H27N3O3. The van der Waals surface area contributed by atoms with Crippen molar-refractivity contribution >= 4 is 11.6 Å². The van der Waals surface area contributed by atoms with Crippen molar-refractivity contribution in [3.8, 4) is 0 Å². The molecule has 2 aromatic rings. The van der Waals surface area contributed by atoms with Crippen LogP contribution in [0.2, 0.25) is 0 Å². The maximum Gasteiger partial charge on any atom is 0.276 e. The number of hydroxylamine groups is 1. The van der Waals surface area contributed by atoms with E-state index in [0.717, 1.165) is 36.9 Å². The van der Waals surface area contributed by atoms with Gasteiger partial charge < -0.3 is 10.4 Å². The molecule has 1 amide bonds. The van der Waals surface area contributed by atoms with E-state index in [1.807, 2.05) is 30.3 Å². The number of nitrogens with one attached hydrogen (secondary N) is 2. The third-order valence-corrected chi connectivity index (χ3v) is 5.11. The third-order valence-electron chi connectivity index (χ3n) is 5.11. The SMILES string of the molecule is O=C(NOCC1CCC(CO)CC1)c1ccccc1NCc1ccncc1. The number of rotatable bonds is 8. The van der Waals surface area contributed by atoms with Crippen LogP contribution in [0.15, 0.2) is 48.8 Å². The fourth-order valence-corrected chi connectivity index (χ4v) is 3.39. The lowest BCUT2D eigenvalue weighted by molar-refractivity contribution is 0.00616. The maximum absolute atomic E-state index is 12.5. The molecule has 1 aromatic carbocycles. The monoisotopic (exact) mass is 369 g/mol. The number of aromatic nitrogens is 1. The summed E-state index contributed by atoms with van der Waals surface area (Å²) in [6.45, 7) is 1.39. The van der Waals surface area contributed by atoms with Crippen molar-refractivity contribution in [2.24, 2.45) is 11.8 Å². The van der Waals surface area contributed by atoms with Crippen LogP contribution in [0, 0.1) is 11.8 Å². The predicted octanol–water partition coefficient (Wildman–Crippen LogP) is 3.15. The first-order valence-corrected chi connectivity index (χ1v) is 9.51. The zero-order valence-electron chi connectivity index (χ0n) is 15.4. The van der Waals surface area contributed by atoms with Gasteiger partial charge in [0.25, 0.3) is 5.91 Å². The Bertz CT molecular complexity index is 716. The molecular weight excluding hydrogens is 342 g/mol. The molecule has 1 saturated carbocycles. The lowest BCUT2D eigenvalue weighted by atomic mass is 9.83. The molecule has 0 atom stereocenters. The van der Waals surface area contributed by atoms with Crippen LogP contribution in [0.5, 0.6) is 0 Å². The zero-order chi connectivity index (χ0) is 18.9. The fraction of sp³-hybridized carbons (Fsp3) is 0.429. The minimum atomic E-state index is -0.253. The van der Waals surface area contributed by atoms with Gasteiger partial charge >= 0.3 is 0 Å². The highest BCUT2D eigenvalue weighted by atomic mass is 16.6. The summed E-state index contributed by atoms with van der Waals surface area (Å²) in [5.74, 6) is 0.610. The normalized spacial score (nSPS) is 19.4. The molecule has 27 heavy (non-hydrogen) atoms. The van der Waals surface area contributed by atoms with Crippen LogP contribution < -0.4 is 10.8 Å². The van der Waals surface area contributed by atoms with Crippen molar-refractivity contribution in [1.29, 1.82) is 0 Å². The fourth-order valence-electron chi connectivity index (χ4n) is 3.39. The number of para-hydroxylation sites is 1. The topological polar surface area (TPSA) is 83.5 Å². The van der Waals surface area contributed by atoms with Crippen LogP contribution in [0.3, 0.4) is 0 Å². The molecule has 0 unspecified atom stereocenters. The second kappa shape index (κ2) is 10.0. The molecule has 0 aliphatic heterocycles. The number of pyridine rings is 1. The lowest BCUT2D eigenvalue weighted by Gasteiger charge is -2.26. The highest BCUT2D eigenvalue weighted by Crippen LogP contribution is 2.28. The average molecular weight is 369 g/mol. The van der Waals surface area contributed by atoms with Gasteiger partial charge in [0.1, 0.15) is 0 Å². The second-order valence-corrected chi connectivity index (χ2v) is 7.07. The van der Waals surface area contributed by atoms with Crippen molar-refractivity contribution in [1.82, 2.24) is 10.5 Å². The van der Waals surface area contributed by atoms with E-state index in [9.17, 15) is 9.90 Å². The number of carbonyl (C=O) groups excluding carboxylic acids is 1. The summed E-state index contributed by atoms with van der Waals surface area (Å²) in [5.41, 5.74) is 4.98. The molecule has 6 nitrogen and oxygen atoms in total. The molecule has 0 spiro atoms. The van der Waals surface area contributed by atoms with Crippen LogP contribution in [-0.2, 0) is 11.4 Å². The van der Waals surface area contributed by atoms with Gasteiger partial charge in [-0.05, 0) is 67.3 Å². The number of hydrogen-bond donors (Lipinski definition) is 3. The Hall–Kier alpha value is -2.44. The molecule has 1 aromatic heterocycles. The molecule has 1 heterocycles. The van der Waals surface area contributed by atoms with Crippen LogP contribution in [0.4, 0.5) is 5.69 Å². The van der Waals surface area contributed by atoms with Gasteiger partial charge in [-0.2, -0.15) is 0 Å². The Kier molecular flexibility index (Phi) is 7.19. The summed E-state index contributed by atoms with van der Waals surface area (Å²) in [6.07, 6.45) is 7.62. The second-order valence-electron chi connectivity index (χ2n) is 7.07. The maximum atomic E-state index is 12.5. The molecule has 3 rings (SSSR count). The number of benzene rings is 1. The number of carbonyl (C=O) groups is 1. The Labute approximate surface area is 159 Å². The van der Waals surface area contributed by atoms with Gasteiger partial charge in [-0.3, -0.25) is 14.6 Å². The van der Waals surface area contributed by atoms with Gasteiger partial charge in [0, 0.05) is 31.2 Å². The molecule has 1 fully saturated rings. The first-order chi connectivity index (χ1) is 13.3. The Morgan fingerprint density at radius 3 is 2.52 bits per heavy atom. The van der Waals surface area contributed by atoms with Crippen LogP contribution in [0.1, 0.15) is 41.6 Å². The minimum Gasteiger partial charge on any atom is -0.396 e. The summed E-state index contributed by atoms with van der Waals surface area (Å²) in [5, 5.41) is 12.5. The molecule has 3 N–H and O–H groups in total. The van der Waals surface area contributed by atoms with E-state index >= 15 is 0 Å². The number of aliphatic hydroxyl groups is 1. The summed E-state index contributed by atoms with van der Waals surface area (Å²) in [6, 6.07) is 11.3. The zero-order valence-corrected chi connectivity index (χ0v) is 15.4. The molecule has 0 radical (unpaired) electrons. The van der Waals surface area contributed by atoms with Crippen molar-refractivity contribution in [3.05, 3.63) is 59.9 Å². The molecule has 0 bridgehead atoms. The van der Waals surface area contributed by atoms with E-state index in [1.54, 1.807) is 18.5 Å². The van der Waals surface area contributed by atoms with Gasteiger partial charge in [0.05, 0.1) is 12.2 Å². The largest absolute Gasteiger partial charge is 0.396 e. The predicted molar refractivity (Wildman–Crippen MR) is 104 cm³/mol. The van der Waals surface area contributed by atoms with Crippen LogP contribution >= 0.6 is 0 Å². The molecule has 0 saturated heterocycles. The molecule has 144 valence electrons. The summed E-state index contributed by atoms with van der Waals surface area (Å²) in [7, 11) is 0. The smallest absolute Gasteiger partial charge is 0.276 e. The molecule has 6 heteroatoms. The van der Waals surface area contributed by atoms with Gasteiger partial charge in [0.2, 0.25) is 0 Å². The summed E-state index contributed by atoms with van der Waals surface area (Å²) < 4.78 is 0. The van der Waals surface area contributed by atoms with E-state index < -0.39 is 0 Å². The van der Waals surface area contributed by atoms with E-state index in [2.05, 4.69) is 15.8 Å². The van der Waals surface area contributed by atoms with Crippen LogP contribution in [-0.4, -0.2) is 29.2 Å². The quantitative estimate of drug-likeness (QED) is 0.623. The van der Waals surface area contributed by atoms with E-state index in [0.29, 0.717) is 30.6 Å². The van der Waals surface area contributed by atoms with Crippen LogP contribution in [0.25, 0.3) is 0 Å². The highest BCUT2D eigenvalue weighted by Gasteiger charge is 2.21. The van der Waals surface area contributed by atoms with E-state index in [1.165, 1.54) is 0 Å². The standard InChI is InChI=1S/C21H27N3O3/c25-14-17-5-7-18(8-6-17)15-27-24-21(26)19-3-1-2-4-20(19)23-13-16-9-11-22-12-10-16/h1-4,9-12,17-18,23,25H,5-8,13-15H2,(H,24,26). The van der Waals surface area contributed by atoms with Crippen molar-refractivity contribution in [3.63, 3.8) is 0 Å². The highest BCUT2D eigenvalue weighted by molar-refractivity contribution is 5.98. The van der Waals surface area contributed by atoms with E-state index in [4.69, 9.17) is 4.84 Å². The summed E-state index contributed by atoms with van der Waals surface area (Å²) >= 11 is 0. The summed E-state index contributed by atoms with van der Waals surface area (Å²) in [4.78, 5) is 22.0. The molecule has 1 aliphatic rings. The van der Waals surface area contributed by atoms with Gasteiger partial charge in [-0.25, -0.2) is 5.48 Å². The van der Waals surface area contributed by atoms with Crippen molar-refractivity contribution < 1.29 is 14.7 Å². The number of nitrogens with zero attached hydrogens (tertiary/aromatic N) is 1. The Balaban J connectivity index is 1.48. The first kappa shape index (κ1) is 19.3. The number of amides is 1. The van der Waals surface area contributed by atoms with Crippen molar-refractivity contribution in [2.75, 3.05) is 18.5 Å². The molecule has 1 aliphatic carbocycles. The Morgan fingerprint density at radius 2 is 1.78 bits per heavy atom. The lowest BCUT2D eigenvalue weighted by Crippen LogP contribution is -2.29. The van der Waals surface area contributed by atoms with Gasteiger partial charge in [-0.1, -0.05) is 12.1 Å². The average Bonchev–Trinajstić information content (AvgIpc) is 2.73. The minimum absolute atomic E-state index is 0.253. The Morgan fingerprint density at radius 1 is 1.07 bits per heavy atom. The van der Waals surface area contributed by atoms with Gasteiger partial charge in [0.15, 0.2) is 0 Å². The number of hydrogen-bond acceptors (Lipinski definition) is 5. The number of aliphatic hydroxyl groups excluding tert-OH is 1. The van der Waals surface area contributed by atoms with E-state index in [-0.39, 0.29) is 12.5 Å². The first-order valence-electron chi connectivity index (χ1n) is 9.51.